The molecule has 2 bridgehead atoms. The number of rotatable bonds is 4. The summed E-state index contributed by atoms with van der Waals surface area (Å²) in [5.74, 6) is 3.72. The zero-order chi connectivity index (χ0) is 23.4. The number of nitrogens with one attached hydrogen (secondary N) is 1. The first-order valence-electron chi connectivity index (χ1n) is 15.3. The van der Waals surface area contributed by atoms with Crippen LogP contribution in [-0.4, -0.2) is 30.0 Å². The molecule has 4 heteroatoms. The van der Waals surface area contributed by atoms with Crippen LogP contribution in [0.2, 0.25) is 0 Å². The van der Waals surface area contributed by atoms with Gasteiger partial charge in [0.15, 0.2) is 0 Å². The van der Waals surface area contributed by atoms with Crippen molar-refractivity contribution in [2.24, 2.45) is 46.5 Å². The van der Waals surface area contributed by atoms with Crippen LogP contribution in [0, 0.1) is 35.0 Å². The third kappa shape index (κ3) is 4.31. The summed E-state index contributed by atoms with van der Waals surface area (Å²) < 4.78 is 7.56. The Bertz CT molecular complexity index is 708. The van der Waals surface area contributed by atoms with Gasteiger partial charge in [-0.05, 0) is 126 Å². The van der Waals surface area contributed by atoms with Gasteiger partial charge in [0.2, 0.25) is 0 Å². The molecular weight excluding hydrogens is 418 g/mol. The molecule has 3 saturated heterocycles. The molecule has 8 unspecified atom stereocenters. The minimum Gasteiger partial charge on any atom is -0.368 e. The molecule has 3 aliphatic heterocycles. The third-order valence-corrected chi connectivity index (χ3v) is 12.2. The lowest BCUT2D eigenvalue weighted by Gasteiger charge is -2.65. The van der Waals surface area contributed by atoms with E-state index >= 15 is 0 Å². The Morgan fingerprint density at radius 2 is 1.59 bits per heavy atom. The second-order valence-electron chi connectivity index (χ2n) is 14.3. The van der Waals surface area contributed by atoms with Gasteiger partial charge in [-0.3, -0.25) is 0 Å². The first-order chi connectivity index (χ1) is 16.4. The molecule has 4 saturated carbocycles. The van der Waals surface area contributed by atoms with E-state index in [-0.39, 0.29) is 17.4 Å². The van der Waals surface area contributed by atoms with Crippen LogP contribution in [0.1, 0.15) is 122 Å². The van der Waals surface area contributed by atoms with Crippen LogP contribution in [0.5, 0.6) is 0 Å². The molecule has 0 aromatic heterocycles. The first-order valence-corrected chi connectivity index (χ1v) is 15.3. The van der Waals surface area contributed by atoms with Gasteiger partial charge in [0.1, 0.15) is 0 Å². The van der Waals surface area contributed by atoms with E-state index in [1.54, 1.807) is 0 Å². The van der Waals surface area contributed by atoms with Crippen molar-refractivity contribution in [3.63, 3.8) is 0 Å². The van der Waals surface area contributed by atoms with Gasteiger partial charge in [0.25, 0.3) is 0 Å². The van der Waals surface area contributed by atoms with Crippen LogP contribution in [0.4, 0.5) is 0 Å². The van der Waals surface area contributed by atoms with Gasteiger partial charge in [-0.15, -0.1) is 0 Å². The molecule has 5 N–H and O–H groups in total. The monoisotopic (exact) mass is 471 g/mol. The van der Waals surface area contributed by atoms with Crippen LogP contribution in [0.25, 0.3) is 0 Å². The van der Waals surface area contributed by atoms with E-state index < -0.39 is 0 Å². The van der Waals surface area contributed by atoms with Crippen molar-refractivity contribution in [1.82, 2.24) is 5.32 Å². The zero-order valence-electron chi connectivity index (χ0n) is 22.0. The zero-order valence-corrected chi connectivity index (χ0v) is 22.0. The Kier molecular flexibility index (Phi) is 6.62. The molecule has 4 aliphatic carbocycles. The molecule has 0 radical (unpaired) electrons. The Balaban J connectivity index is 1.24. The van der Waals surface area contributed by atoms with E-state index in [4.69, 9.17) is 16.2 Å². The number of fused-ring (bicyclic) bond motifs is 3. The summed E-state index contributed by atoms with van der Waals surface area (Å²) in [6.45, 7) is 3.63. The highest BCUT2D eigenvalue weighted by Gasteiger charge is 2.62. The second-order valence-corrected chi connectivity index (χ2v) is 14.3. The quantitative estimate of drug-likeness (QED) is 0.479. The number of nitrogens with two attached hydrogens (primary N) is 2. The predicted octanol–water partition coefficient (Wildman–Crippen LogP) is 5.87. The van der Waals surface area contributed by atoms with E-state index in [0.717, 1.165) is 43.1 Å². The van der Waals surface area contributed by atoms with Gasteiger partial charge in [-0.25, -0.2) is 0 Å². The summed E-state index contributed by atoms with van der Waals surface area (Å²) in [4.78, 5) is 0. The Labute approximate surface area is 209 Å². The van der Waals surface area contributed by atoms with Crippen molar-refractivity contribution in [2.45, 2.75) is 146 Å². The maximum atomic E-state index is 7.56. The fraction of sp³-hybridized carbons (Fsp3) is 1.00. The third-order valence-electron chi connectivity index (χ3n) is 12.2. The van der Waals surface area contributed by atoms with Crippen LogP contribution >= 0.6 is 0 Å². The summed E-state index contributed by atoms with van der Waals surface area (Å²) in [5.41, 5.74) is 13.9. The van der Waals surface area contributed by atoms with E-state index in [1.165, 1.54) is 103 Å². The molecule has 7 aliphatic rings. The van der Waals surface area contributed by atoms with Crippen molar-refractivity contribution < 1.29 is 4.74 Å². The van der Waals surface area contributed by atoms with Crippen LogP contribution in [-0.2, 0) is 4.74 Å². The molecule has 1 spiro atoms. The summed E-state index contributed by atoms with van der Waals surface area (Å²) in [7, 11) is 0. The van der Waals surface area contributed by atoms with E-state index in [2.05, 4.69) is 12.2 Å². The number of piperidine rings is 1. The highest BCUT2D eigenvalue weighted by atomic mass is 16.5. The predicted molar refractivity (Wildman–Crippen MR) is 139 cm³/mol. The normalized spacial score (nSPS) is 49.5. The minimum atomic E-state index is 0.0234. The number of hydrogen-bond donors (Lipinski definition) is 3. The molecule has 194 valence electrons. The summed E-state index contributed by atoms with van der Waals surface area (Å²) in [6, 6.07) is 0.346. The van der Waals surface area contributed by atoms with Crippen LogP contribution in [0.3, 0.4) is 0 Å². The van der Waals surface area contributed by atoms with Gasteiger partial charge in [-0.1, -0.05) is 32.1 Å². The molecule has 0 amide bonds. The second kappa shape index (κ2) is 9.30. The molecule has 0 aromatic rings. The topological polar surface area (TPSA) is 73.3 Å². The molecule has 4 nitrogen and oxygen atoms in total. The fourth-order valence-corrected chi connectivity index (χ4v) is 10.6. The first kappa shape index (κ1) is 24.2. The highest BCUT2D eigenvalue weighted by molar-refractivity contribution is 5.13. The van der Waals surface area contributed by atoms with Crippen molar-refractivity contribution in [2.75, 3.05) is 6.54 Å². The number of ether oxygens (including phenoxy) is 1. The molecule has 7 fully saturated rings. The maximum Gasteiger partial charge on any atom is 0.0733 e. The largest absolute Gasteiger partial charge is 0.368 e. The SMILES string of the molecule is CC1(C2CCCCC2)OC2(C3CC(CC4CCC(N)NC4)CC4(CCCC4)C3)CCC1C(N)C2. The highest BCUT2D eigenvalue weighted by Crippen LogP contribution is 2.63. The lowest BCUT2D eigenvalue weighted by molar-refractivity contribution is -0.299. The fourth-order valence-electron chi connectivity index (χ4n) is 10.6. The smallest absolute Gasteiger partial charge is 0.0733 e. The molecule has 3 heterocycles. The lowest BCUT2D eigenvalue weighted by Crippen LogP contribution is -2.69. The maximum absolute atomic E-state index is 7.56. The van der Waals surface area contributed by atoms with Crippen molar-refractivity contribution in [3.05, 3.63) is 0 Å². The van der Waals surface area contributed by atoms with Gasteiger partial charge >= 0.3 is 0 Å². The average molecular weight is 472 g/mol. The summed E-state index contributed by atoms with van der Waals surface area (Å²) in [6.07, 6.45) is 24.9. The van der Waals surface area contributed by atoms with Gasteiger partial charge in [0, 0.05) is 12.0 Å². The molecule has 34 heavy (non-hydrogen) atoms. The molecule has 7 rings (SSSR count). The molecular formula is C30H53N3O. The van der Waals surface area contributed by atoms with Crippen molar-refractivity contribution >= 4 is 0 Å². The molecule has 8 atom stereocenters. The minimum absolute atomic E-state index is 0.0234. The van der Waals surface area contributed by atoms with Crippen molar-refractivity contribution in [1.29, 1.82) is 0 Å². The van der Waals surface area contributed by atoms with E-state index in [1.807, 2.05) is 0 Å². The van der Waals surface area contributed by atoms with Crippen molar-refractivity contribution in [3.8, 4) is 0 Å². The number of hydrogen-bond acceptors (Lipinski definition) is 4. The lowest BCUT2D eigenvalue weighted by atomic mass is 9.52. The van der Waals surface area contributed by atoms with E-state index in [9.17, 15) is 0 Å². The summed E-state index contributed by atoms with van der Waals surface area (Å²) in [5, 5.41) is 3.57. The Hall–Kier alpha value is -0.160. The van der Waals surface area contributed by atoms with Crippen LogP contribution < -0.4 is 16.8 Å². The Morgan fingerprint density at radius 3 is 2.29 bits per heavy atom. The molecule has 0 aromatic carbocycles. The van der Waals surface area contributed by atoms with Gasteiger partial charge in [-0.2, -0.15) is 0 Å². The van der Waals surface area contributed by atoms with Gasteiger partial charge in [0.05, 0.1) is 17.4 Å². The van der Waals surface area contributed by atoms with E-state index in [0.29, 0.717) is 17.4 Å². The van der Waals surface area contributed by atoms with Crippen LogP contribution in [0.15, 0.2) is 0 Å². The standard InChI is InChI=1S/C30H53N3O/c1-28(23-7-3-2-4-8-23)25-11-14-30(34-28,19-26(25)31)24-16-22(15-21-9-10-27(32)33-20-21)17-29(18-24)12-5-6-13-29/h21-27,33H,2-20,31-32H2,1H3. The summed E-state index contributed by atoms with van der Waals surface area (Å²) >= 11 is 0. The average Bonchev–Trinajstić information content (AvgIpc) is 3.28. The Morgan fingerprint density at radius 1 is 0.794 bits per heavy atom. The van der Waals surface area contributed by atoms with Gasteiger partial charge < -0.3 is 21.5 Å².